The summed E-state index contributed by atoms with van der Waals surface area (Å²) in [5.74, 6) is 2.00. The highest BCUT2D eigenvalue weighted by molar-refractivity contribution is 5.45. The van der Waals surface area contributed by atoms with Gasteiger partial charge in [-0.3, -0.25) is 0 Å². The fourth-order valence-corrected chi connectivity index (χ4v) is 2.50. The van der Waals surface area contributed by atoms with E-state index in [4.69, 9.17) is 0 Å². The van der Waals surface area contributed by atoms with Crippen LogP contribution in [0.1, 0.15) is 51.9 Å². The zero-order chi connectivity index (χ0) is 12.6. The first kappa shape index (κ1) is 13.2. The SMILES string of the molecule is CCCNc1cccc(NC2CCCCCC2)n1. The van der Waals surface area contributed by atoms with E-state index in [1.54, 1.807) is 0 Å². The van der Waals surface area contributed by atoms with Gasteiger partial charge in [0.25, 0.3) is 0 Å². The van der Waals surface area contributed by atoms with Crippen LogP contribution in [0.4, 0.5) is 11.6 Å². The number of aromatic nitrogens is 1. The van der Waals surface area contributed by atoms with E-state index in [0.717, 1.165) is 24.6 Å². The van der Waals surface area contributed by atoms with Crippen LogP contribution in [-0.4, -0.2) is 17.6 Å². The van der Waals surface area contributed by atoms with Gasteiger partial charge in [-0.25, -0.2) is 4.98 Å². The molecular weight excluding hydrogens is 222 g/mol. The minimum atomic E-state index is 0.612. The van der Waals surface area contributed by atoms with Gasteiger partial charge in [0.2, 0.25) is 0 Å². The highest BCUT2D eigenvalue weighted by Crippen LogP contribution is 2.20. The maximum atomic E-state index is 4.61. The minimum absolute atomic E-state index is 0.612. The average molecular weight is 247 g/mol. The molecule has 0 amide bonds. The summed E-state index contributed by atoms with van der Waals surface area (Å²) in [6, 6.07) is 6.79. The summed E-state index contributed by atoms with van der Waals surface area (Å²) in [5, 5.41) is 6.92. The molecule has 0 radical (unpaired) electrons. The van der Waals surface area contributed by atoms with E-state index < -0.39 is 0 Å². The van der Waals surface area contributed by atoms with Gasteiger partial charge >= 0.3 is 0 Å². The Morgan fingerprint density at radius 2 is 1.83 bits per heavy atom. The predicted molar refractivity (Wildman–Crippen MR) is 78.1 cm³/mol. The summed E-state index contributed by atoms with van der Waals surface area (Å²) in [6.45, 7) is 3.15. The molecule has 1 aliphatic rings. The fourth-order valence-electron chi connectivity index (χ4n) is 2.50. The zero-order valence-electron chi connectivity index (χ0n) is 11.4. The van der Waals surface area contributed by atoms with Crippen LogP contribution in [0.25, 0.3) is 0 Å². The summed E-state index contributed by atoms with van der Waals surface area (Å²) in [7, 11) is 0. The van der Waals surface area contributed by atoms with E-state index in [1.807, 2.05) is 6.07 Å². The largest absolute Gasteiger partial charge is 0.370 e. The molecule has 1 aromatic heterocycles. The van der Waals surface area contributed by atoms with Crippen LogP contribution in [0.15, 0.2) is 18.2 Å². The quantitative estimate of drug-likeness (QED) is 0.771. The van der Waals surface area contributed by atoms with Crippen LogP contribution < -0.4 is 10.6 Å². The number of anilines is 2. The summed E-state index contributed by atoms with van der Waals surface area (Å²) in [5.41, 5.74) is 0. The Balaban J connectivity index is 1.91. The first-order valence-electron chi connectivity index (χ1n) is 7.36. The molecule has 1 aliphatic carbocycles. The molecule has 0 spiro atoms. The van der Waals surface area contributed by atoms with Crippen molar-refractivity contribution in [2.45, 2.75) is 57.9 Å². The van der Waals surface area contributed by atoms with Crippen molar-refractivity contribution >= 4 is 11.6 Å². The van der Waals surface area contributed by atoms with Gasteiger partial charge in [0.15, 0.2) is 0 Å². The van der Waals surface area contributed by atoms with Crippen LogP contribution in [0.5, 0.6) is 0 Å². The Kier molecular flexibility index (Phi) is 5.31. The molecule has 1 aromatic rings. The number of rotatable bonds is 5. The predicted octanol–water partition coefficient (Wildman–Crippen LogP) is 4.04. The lowest BCUT2D eigenvalue weighted by atomic mass is 10.1. The van der Waals surface area contributed by atoms with Gasteiger partial charge in [-0.1, -0.05) is 38.7 Å². The van der Waals surface area contributed by atoms with Crippen LogP contribution in [0, 0.1) is 0 Å². The summed E-state index contributed by atoms with van der Waals surface area (Å²) >= 11 is 0. The molecule has 0 unspecified atom stereocenters. The molecular formula is C15H25N3. The molecule has 1 saturated carbocycles. The summed E-state index contributed by atoms with van der Waals surface area (Å²) in [4.78, 5) is 4.61. The molecule has 0 saturated heterocycles. The second-order valence-electron chi connectivity index (χ2n) is 5.17. The molecule has 2 rings (SSSR count). The van der Waals surface area contributed by atoms with Crippen molar-refractivity contribution < 1.29 is 0 Å². The van der Waals surface area contributed by atoms with Crippen LogP contribution in [-0.2, 0) is 0 Å². The van der Waals surface area contributed by atoms with Crippen molar-refractivity contribution in [2.24, 2.45) is 0 Å². The molecule has 100 valence electrons. The topological polar surface area (TPSA) is 37.0 Å². The number of nitrogens with one attached hydrogen (secondary N) is 2. The molecule has 0 aromatic carbocycles. The first-order valence-corrected chi connectivity index (χ1v) is 7.36. The monoisotopic (exact) mass is 247 g/mol. The van der Waals surface area contributed by atoms with Crippen molar-refractivity contribution in [3.8, 4) is 0 Å². The highest BCUT2D eigenvalue weighted by Gasteiger charge is 2.12. The average Bonchev–Trinajstić information content (AvgIpc) is 2.65. The maximum Gasteiger partial charge on any atom is 0.128 e. The van der Waals surface area contributed by atoms with Crippen molar-refractivity contribution in [1.82, 2.24) is 4.98 Å². The van der Waals surface area contributed by atoms with Crippen molar-refractivity contribution in [3.63, 3.8) is 0 Å². The number of pyridine rings is 1. The lowest BCUT2D eigenvalue weighted by Crippen LogP contribution is -2.19. The third-order valence-corrected chi connectivity index (χ3v) is 3.51. The smallest absolute Gasteiger partial charge is 0.128 e. The second-order valence-corrected chi connectivity index (χ2v) is 5.17. The normalized spacial score (nSPS) is 17.2. The molecule has 3 nitrogen and oxygen atoms in total. The molecule has 0 atom stereocenters. The highest BCUT2D eigenvalue weighted by atomic mass is 15.1. The molecule has 1 heterocycles. The van der Waals surface area contributed by atoms with Crippen molar-refractivity contribution in [2.75, 3.05) is 17.2 Å². The van der Waals surface area contributed by atoms with Crippen molar-refractivity contribution in [3.05, 3.63) is 18.2 Å². The number of hydrogen-bond acceptors (Lipinski definition) is 3. The van der Waals surface area contributed by atoms with Gasteiger partial charge in [-0.15, -0.1) is 0 Å². The minimum Gasteiger partial charge on any atom is -0.370 e. The lowest BCUT2D eigenvalue weighted by Gasteiger charge is -2.17. The first-order chi connectivity index (χ1) is 8.88. The maximum absolute atomic E-state index is 4.61. The van der Waals surface area contributed by atoms with E-state index in [2.05, 4.69) is 34.7 Å². The summed E-state index contributed by atoms with van der Waals surface area (Å²) < 4.78 is 0. The molecule has 3 heteroatoms. The van der Waals surface area contributed by atoms with Gasteiger partial charge in [0.05, 0.1) is 0 Å². The third kappa shape index (κ3) is 4.21. The molecule has 0 bridgehead atoms. The van der Waals surface area contributed by atoms with E-state index in [-0.39, 0.29) is 0 Å². The number of hydrogen-bond donors (Lipinski definition) is 2. The molecule has 1 fully saturated rings. The van der Waals surface area contributed by atoms with Gasteiger partial charge in [-0.2, -0.15) is 0 Å². The fraction of sp³-hybridized carbons (Fsp3) is 0.667. The Morgan fingerprint density at radius 3 is 2.56 bits per heavy atom. The van der Waals surface area contributed by atoms with Gasteiger partial charge in [-0.05, 0) is 31.4 Å². The standard InChI is InChI=1S/C15H25N3/c1-2-12-16-14-10-7-11-15(18-14)17-13-8-5-3-4-6-9-13/h7,10-11,13H,2-6,8-9,12H2,1H3,(H2,16,17,18). The second kappa shape index (κ2) is 7.24. The van der Waals surface area contributed by atoms with Crippen LogP contribution >= 0.6 is 0 Å². The Labute approximate surface area is 110 Å². The number of nitrogens with zero attached hydrogens (tertiary/aromatic N) is 1. The zero-order valence-corrected chi connectivity index (χ0v) is 11.4. The van der Waals surface area contributed by atoms with Gasteiger partial charge in [0.1, 0.15) is 11.6 Å². The molecule has 18 heavy (non-hydrogen) atoms. The lowest BCUT2D eigenvalue weighted by molar-refractivity contribution is 0.618. The van der Waals surface area contributed by atoms with E-state index in [0.29, 0.717) is 6.04 Å². The van der Waals surface area contributed by atoms with Crippen molar-refractivity contribution in [1.29, 1.82) is 0 Å². The Morgan fingerprint density at radius 1 is 1.11 bits per heavy atom. The van der Waals surface area contributed by atoms with Gasteiger partial charge < -0.3 is 10.6 Å². The Bertz CT molecular complexity index is 343. The summed E-state index contributed by atoms with van der Waals surface area (Å²) in [6.07, 6.45) is 9.19. The van der Waals surface area contributed by atoms with Crippen LogP contribution in [0.3, 0.4) is 0 Å². The van der Waals surface area contributed by atoms with E-state index >= 15 is 0 Å². The van der Waals surface area contributed by atoms with Crippen LogP contribution in [0.2, 0.25) is 0 Å². The third-order valence-electron chi connectivity index (χ3n) is 3.51. The van der Waals surface area contributed by atoms with E-state index in [1.165, 1.54) is 38.5 Å². The van der Waals surface area contributed by atoms with E-state index in [9.17, 15) is 0 Å². The Hall–Kier alpha value is -1.25. The van der Waals surface area contributed by atoms with Gasteiger partial charge in [0, 0.05) is 12.6 Å². The molecule has 0 aliphatic heterocycles. The molecule has 2 N–H and O–H groups in total.